The van der Waals surface area contributed by atoms with Crippen LogP contribution in [0.5, 0.6) is 5.75 Å². The molecule has 1 aromatic carbocycles. The third-order valence-corrected chi connectivity index (χ3v) is 2.60. The Labute approximate surface area is 132 Å². The molecule has 23 heavy (non-hydrogen) atoms. The van der Waals surface area contributed by atoms with Crippen molar-refractivity contribution in [2.75, 3.05) is 26.1 Å². The summed E-state index contributed by atoms with van der Waals surface area (Å²) in [5.41, 5.74) is -0.294. The standard InChI is InChI=1S/C14H16N2O7/c1-4-23-12-6-5-9(7-11(12)16(19)20)15-10(14(18)22-3)8-13(17)21-2/h5-8,15H,4H2,1-3H3/b10-8+. The molecule has 0 unspecified atom stereocenters. The molecule has 1 N–H and O–H groups in total. The highest BCUT2D eigenvalue weighted by atomic mass is 16.6. The summed E-state index contributed by atoms with van der Waals surface area (Å²) in [6, 6.07) is 4.03. The van der Waals surface area contributed by atoms with Crippen LogP contribution in [0.25, 0.3) is 0 Å². The van der Waals surface area contributed by atoms with Crippen molar-refractivity contribution in [1.29, 1.82) is 0 Å². The van der Waals surface area contributed by atoms with E-state index in [2.05, 4.69) is 14.8 Å². The summed E-state index contributed by atoms with van der Waals surface area (Å²) in [7, 11) is 2.28. The molecule has 0 radical (unpaired) electrons. The Kier molecular flexibility index (Phi) is 6.53. The SMILES string of the molecule is CCOc1ccc(N/C(=C/C(=O)OC)C(=O)OC)cc1[N+](=O)[O-]. The number of hydrogen-bond donors (Lipinski definition) is 1. The molecule has 9 nitrogen and oxygen atoms in total. The number of carbonyl (C=O) groups excluding carboxylic acids is 2. The number of benzene rings is 1. The fraction of sp³-hybridized carbons (Fsp3) is 0.286. The third-order valence-electron chi connectivity index (χ3n) is 2.60. The van der Waals surface area contributed by atoms with Gasteiger partial charge in [0.05, 0.1) is 31.8 Å². The van der Waals surface area contributed by atoms with Gasteiger partial charge in [0, 0.05) is 11.8 Å². The second kappa shape index (κ2) is 8.37. The van der Waals surface area contributed by atoms with Crippen molar-refractivity contribution in [3.05, 3.63) is 40.1 Å². The van der Waals surface area contributed by atoms with Crippen molar-refractivity contribution in [3.8, 4) is 5.75 Å². The predicted molar refractivity (Wildman–Crippen MR) is 80.0 cm³/mol. The molecular formula is C14H16N2O7. The van der Waals surface area contributed by atoms with E-state index in [9.17, 15) is 19.7 Å². The zero-order valence-corrected chi connectivity index (χ0v) is 12.8. The van der Waals surface area contributed by atoms with E-state index in [4.69, 9.17) is 4.74 Å². The van der Waals surface area contributed by atoms with Gasteiger partial charge in [-0.25, -0.2) is 9.59 Å². The lowest BCUT2D eigenvalue weighted by molar-refractivity contribution is -0.385. The highest BCUT2D eigenvalue weighted by Crippen LogP contribution is 2.30. The van der Waals surface area contributed by atoms with Crippen LogP contribution in [0.4, 0.5) is 11.4 Å². The average Bonchev–Trinajstić information content (AvgIpc) is 2.54. The molecule has 0 heterocycles. The number of hydrogen-bond acceptors (Lipinski definition) is 8. The summed E-state index contributed by atoms with van der Waals surface area (Å²) in [4.78, 5) is 33.4. The summed E-state index contributed by atoms with van der Waals surface area (Å²) in [6.07, 6.45) is 0.883. The number of nitrogens with one attached hydrogen (secondary N) is 1. The van der Waals surface area contributed by atoms with Gasteiger partial charge in [0.25, 0.3) is 0 Å². The number of ether oxygens (including phenoxy) is 3. The first-order valence-corrected chi connectivity index (χ1v) is 6.49. The molecule has 1 aromatic rings. The van der Waals surface area contributed by atoms with Crippen molar-refractivity contribution in [2.45, 2.75) is 6.92 Å². The average molecular weight is 324 g/mol. The monoisotopic (exact) mass is 324 g/mol. The maximum absolute atomic E-state index is 11.6. The maximum atomic E-state index is 11.6. The van der Waals surface area contributed by atoms with E-state index < -0.39 is 16.9 Å². The molecule has 0 saturated carbocycles. The number of esters is 2. The van der Waals surface area contributed by atoms with Crippen LogP contribution in [0.3, 0.4) is 0 Å². The summed E-state index contributed by atoms with van der Waals surface area (Å²) in [5.74, 6) is -1.51. The summed E-state index contributed by atoms with van der Waals surface area (Å²) < 4.78 is 14.1. The number of rotatable bonds is 7. The van der Waals surface area contributed by atoms with Gasteiger partial charge in [-0.1, -0.05) is 0 Å². The van der Waals surface area contributed by atoms with Crippen LogP contribution in [-0.2, 0) is 19.1 Å². The lowest BCUT2D eigenvalue weighted by atomic mass is 10.2. The van der Waals surface area contributed by atoms with E-state index >= 15 is 0 Å². The quantitative estimate of drug-likeness (QED) is 0.348. The molecule has 0 aliphatic rings. The number of nitro benzene ring substituents is 1. The first-order chi connectivity index (χ1) is 10.9. The van der Waals surface area contributed by atoms with E-state index in [0.717, 1.165) is 20.3 Å². The largest absolute Gasteiger partial charge is 0.487 e. The first kappa shape index (κ1) is 18.0. The molecular weight excluding hydrogens is 308 g/mol. The van der Waals surface area contributed by atoms with Crippen LogP contribution in [-0.4, -0.2) is 37.7 Å². The topological polar surface area (TPSA) is 117 Å². The van der Waals surface area contributed by atoms with Crippen LogP contribution in [0, 0.1) is 10.1 Å². The highest BCUT2D eigenvalue weighted by Gasteiger charge is 2.18. The van der Waals surface area contributed by atoms with Gasteiger partial charge in [0.15, 0.2) is 5.75 Å². The molecule has 9 heteroatoms. The fourth-order valence-electron chi connectivity index (χ4n) is 1.60. The fourth-order valence-corrected chi connectivity index (χ4v) is 1.60. The van der Waals surface area contributed by atoms with Gasteiger partial charge in [0.2, 0.25) is 0 Å². The van der Waals surface area contributed by atoms with Crippen LogP contribution >= 0.6 is 0 Å². The van der Waals surface area contributed by atoms with Crippen molar-refractivity contribution in [3.63, 3.8) is 0 Å². The van der Waals surface area contributed by atoms with Crippen molar-refractivity contribution < 1.29 is 28.7 Å². The Morgan fingerprint density at radius 3 is 2.52 bits per heavy atom. The highest BCUT2D eigenvalue weighted by molar-refractivity contribution is 5.98. The minimum absolute atomic E-state index is 0.0969. The second-order valence-corrected chi connectivity index (χ2v) is 4.07. The maximum Gasteiger partial charge on any atom is 0.354 e. The smallest absolute Gasteiger partial charge is 0.354 e. The van der Waals surface area contributed by atoms with E-state index in [1.54, 1.807) is 6.92 Å². The summed E-state index contributed by atoms with van der Waals surface area (Å²) in [6.45, 7) is 1.97. The van der Waals surface area contributed by atoms with Crippen LogP contribution in [0.15, 0.2) is 30.0 Å². The molecule has 0 bridgehead atoms. The zero-order valence-electron chi connectivity index (χ0n) is 12.8. The van der Waals surface area contributed by atoms with Crippen LogP contribution in [0.2, 0.25) is 0 Å². The number of nitro groups is 1. The van der Waals surface area contributed by atoms with Gasteiger partial charge < -0.3 is 19.5 Å². The lowest BCUT2D eigenvalue weighted by Crippen LogP contribution is -2.15. The Bertz CT molecular complexity index is 640. The summed E-state index contributed by atoms with van der Waals surface area (Å²) >= 11 is 0. The summed E-state index contributed by atoms with van der Waals surface area (Å²) in [5, 5.41) is 13.7. The predicted octanol–water partition coefficient (Wildman–Crippen LogP) is 1.64. The third kappa shape index (κ3) is 4.99. The number of methoxy groups -OCH3 is 2. The Balaban J connectivity index is 3.16. The molecule has 0 amide bonds. The minimum atomic E-state index is -0.827. The molecule has 0 fully saturated rings. The minimum Gasteiger partial charge on any atom is -0.487 e. The zero-order chi connectivity index (χ0) is 17.4. The van der Waals surface area contributed by atoms with Gasteiger partial charge in [-0.15, -0.1) is 0 Å². The molecule has 0 saturated heterocycles. The second-order valence-electron chi connectivity index (χ2n) is 4.07. The molecule has 124 valence electrons. The molecule has 0 spiro atoms. The Morgan fingerprint density at radius 1 is 1.30 bits per heavy atom. The molecule has 0 atom stereocenters. The molecule has 1 rings (SSSR count). The van der Waals surface area contributed by atoms with Crippen molar-refractivity contribution in [1.82, 2.24) is 0 Å². The van der Waals surface area contributed by atoms with Crippen LogP contribution < -0.4 is 10.1 Å². The van der Waals surface area contributed by atoms with E-state index in [1.807, 2.05) is 0 Å². The number of nitrogens with zero attached hydrogens (tertiary/aromatic N) is 1. The van der Waals surface area contributed by atoms with Gasteiger partial charge in [-0.3, -0.25) is 10.1 Å². The van der Waals surface area contributed by atoms with E-state index in [0.29, 0.717) is 0 Å². The first-order valence-electron chi connectivity index (χ1n) is 6.49. The van der Waals surface area contributed by atoms with Crippen molar-refractivity contribution in [2.24, 2.45) is 0 Å². The number of carbonyl (C=O) groups is 2. The van der Waals surface area contributed by atoms with E-state index in [1.165, 1.54) is 18.2 Å². The Morgan fingerprint density at radius 2 is 2.00 bits per heavy atom. The van der Waals surface area contributed by atoms with Gasteiger partial charge in [-0.05, 0) is 19.1 Å². The van der Waals surface area contributed by atoms with Gasteiger partial charge >= 0.3 is 17.6 Å². The normalized spacial score (nSPS) is 10.7. The molecule has 0 aliphatic carbocycles. The van der Waals surface area contributed by atoms with E-state index in [-0.39, 0.29) is 29.4 Å². The van der Waals surface area contributed by atoms with Gasteiger partial charge in [-0.2, -0.15) is 0 Å². The number of anilines is 1. The lowest BCUT2D eigenvalue weighted by Gasteiger charge is -2.10. The molecule has 0 aromatic heterocycles. The van der Waals surface area contributed by atoms with Crippen LogP contribution in [0.1, 0.15) is 6.92 Å². The van der Waals surface area contributed by atoms with Crippen molar-refractivity contribution >= 4 is 23.3 Å². The Hall–Kier alpha value is -3.10. The van der Waals surface area contributed by atoms with Gasteiger partial charge in [0.1, 0.15) is 5.70 Å². The molecule has 0 aliphatic heterocycles.